The first-order chi connectivity index (χ1) is 9.72. The summed E-state index contributed by atoms with van der Waals surface area (Å²) in [7, 11) is -1.69. The summed E-state index contributed by atoms with van der Waals surface area (Å²) in [6.07, 6.45) is 0.963. The minimum atomic E-state index is -3.70. The van der Waals surface area contributed by atoms with E-state index in [1.54, 1.807) is 6.92 Å². The third kappa shape index (κ3) is 3.28. The summed E-state index contributed by atoms with van der Waals surface area (Å²) < 4.78 is 27.4. The maximum absolute atomic E-state index is 12.4. The van der Waals surface area contributed by atoms with Gasteiger partial charge in [-0.25, -0.2) is 17.9 Å². The Morgan fingerprint density at radius 1 is 1.48 bits per heavy atom. The van der Waals surface area contributed by atoms with E-state index < -0.39 is 16.0 Å². The molecule has 1 aromatic rings. The van der Waals surface area contributed by atoms with Gasteiger partial charge < -0.3 is 15.0 Å². The molecule has 1 aromatic heterocycles. The van der Waals surface area contributed by atoms with Crippen LogP contribution in [0.1, 0.15) is 28.2 Å². The van der Waals surface area contributed by atoms with Gasteiger partial charge in [-0.15, -0.1) is 0 Å². The fourth-order valence-corrected chi connectivity index (χ4v) is 4.40. The number of nitrogens with one attached hydrogen (secondary N) is 2. The van der Waals surface area contributed by atoms with Crippen molar-refractivity contribution in [3.63, 3.8) is 0 Å². The predicted molar refractivity (Wildman–Crippen MR) is 78.0 cm³/mol. The number of rotatable bonds is 5. The average Bonchev–Trinajstić information content (AvgIpc) is 2.91. The molecule has 1 unspecified atom stereocenters. The van der Waals surface area contributed by atoms with Gasteiger partial charge >= 0.3 is 5.97 Å². The summed E-state index contributed by atoms with van der Waals surface area (Å²) in [6.45, 7) is 5.28. The number of aromatic carboxylic acids is 1. The first-order valence-corrected chi connectivity index (χ1v) is 8.31. The van der Waals surface area contributed by atoms with E-state index >= 15 is 0 Å². The van der Waals surface area contributed by atoms with Gasteiger partial charge in [-0.05, 0) is 39.8 Å². The van der Waals surface area contributed by atoms with E-state index in [0.717, 1.165) is 19.5 Å². The van der Waals surface area contributed by atoms with Gasteiger partial charge in [0.2, 0.25) is 10.0 Å². The van der Waals surface area contributed by atoms with Crippen molar-refractivity contribution < 1.29 is 18.3 Å². The van der Waals surface area contributed by atoms with Crippen LogP contribution in [-0.4, -0.2) is 56.1 Å². The highest BCUT2D eigenvalue weighted by atomic mass is 32.2. The number of nitrogens with zero attached hydrogens (tertiary/aromatic N) is 1. The van der Waals surface area contributed by atoms with Crippen LogP contribution in [-0.2, 0) is 10.0 Å². The molecule has 0 spiro atoms. The normalized spacial score (nSPS) is 20.0. The molecule has 21 heavy (non-hydrogen) atoms. The second-order valence-corrected chi connectivity index (χ2v) is 7.36. The topological polar surface area (TPSA) is 102 Å². The number of H-pyrrole nitrogens is 1. The predicted octanol–water partition coefficient (Wildman–Crippen LogP) is 0.560. The van der Waals surface area contributed by atoms with Crippen molar-refractivity contribution in [1.82, 2.24) is 14.6 Å². The zero-order valence-corrected chi connectivity index (χ0v) is 13.2. The number of likely N-dealkylation sites (tertiary alicyclic amines) is 1. The molecule has 0 bridgehead atoms. The molecule has 1 aliphatic heterocycles. The molecular weight excluding hydrogens is 294 g/mol. The monoisotopic (exact) mass is 315 g/mol. The molecule has 0 radical (unpaired) electrons. The zero-order chi connectivity index (χ0) is 15.8. The molecule has 118 valence electrons. The number of carboxylic acids is 1. The fourth-order valence-electron chi connectivity index (χ4n) is 2.84. The third-order valence-corrected chi connectivity index (χ3v) is 5.60. The standard InChI is InChI=1S/C13H21N3O4S/c1-8-11(13(17)18)15-9(2)12(8)21(19,20)14-6-10-4-5-16(3)7-10/h10,14-15H,4-7H2,1-3H3,(H,17,18). The van der Waals surface area contributed by atoms with Crippen LogP contribution in [0.25, 0.3) is 0 Å². The molecule has 0 aliphatic carbocycles. The molecule has 1 aliphatic rings. The van der Waals surface area contributed by atoms with Crippen molar-refractivity contribution in [2.45, 2.75) is 25.2 Å². The molecule has 0 aromatic carbocycles. The first kappa shape index (κ1) is 16.0. The lowest BCUT2D eigenvalue weighted by Gasteiger charge is -2.12. The number of aryl methyl sites for hydroxylation is 1. The highest BCUT2D eigenvalue weighted by Crippen LogP contribution is 2.23. The Morgan fingerprint density at radius 2 is 2.14 bits per heavy atom. The smallest absolute Gasteiger partial charge is 0.352 e. The van der Waals surface area contributed by atoms with E-state index in [2.05, 4.69) is 14.6 Å². The zero-order valence-electron chi connectivity index (χ0n) is 12.4. The van der Waals surface area contributed by atoms with E-state index in [4.69, 9.17) is 5.11 Å². The molecule has 2 rings (SSSR count). The lowest BCUT2D eigenvalue weighted by molar-refractivity contribution is 0.0690. The highest BCUT2D eigenvalue weighted by Gasteiger charge is 2.28. The largest absolute Gasteiger partial charge is 0.477 e. The summed E-state index contributed by atoms with van der Waals surface area (Å²) in [5, 5.41) is 9.05. The Kier molecular flexibility index (Phi) is 4.40. The van der Waals surface area contributed by atoms with Gasteiger partial charge in [-0.1, -0.05) is 0 Å². The van der Waals surface area contributed by atoms with Crippen LogP contribution in [0.2, 0.25) is 0 Å². The molecule has 3 N–H and O–H groups in total. The summed E-state index contributed by atoms with van der Waals surface area (Å²) in [5.74, 6) is -0.863. The van der Waals surface area contributed by atoms with Crippen molar-refractivity contribution in [3.05, 3.63) is 17.0 Å². The summed E-state index contributed by atoms with van der Waals surface area (Å²) in [5.41, 5.74) is 0.519. The molecule has 0 saturated carbocycles. The Labute approximate surface area is 124 Å². The van der Waals surface area contributed by atoms with Crippen LogP contribution in [0, 0.1) is 19.8 Å². The quantitative estimate of drug-likeness (QED) is 0.737. The highest BCUT2D eigenvalue weighted by molar-refractivity contribution is 7.89. The number of aromatic nitrogens is 1. The van der Waals surface area contributed by atoms with Crippen molar-refractivity contribution in [1.29, 1.82) is 0 Å². The third-order valence-electron chi connectivity index (χ3n) is 3.90. The molecule has 1 fully saturated rings. The van der Waals surface area contributed by atoms with Crippen LogP contribution in [0.15, 0.2) is 4.90 Å². The van der Waals surface area contributed by atoms with Crippen LogP contribution in [0.4, 0.5) is 0 Å². The average molecular weight is 315 g/mol. The van der Waals surface area contributed by atoms with E-state index in [1.807, 2.05) is 7.05 Å². The minimum Gasteiger partial charge on any atom is -0.477 e. The van der Waals surface area contributed by atoms with Crippen LogP contribution in [0.5, 0.6) is 0 Å². The summed E-state index contributed by atoms with van der Waals surface area (Å²) in [4.78, 5) is 15.9. The maximum atomic E-state index is 12.4. The lowest BCUT2D eigenvalue weighted by Crippen LogP contribution is -2.31. The van der Waals surface area contributed by atoms with Gasteiger partial charge in [0.25, 0.3) is 0 Å². The van der Waals surface area contributed by atoms with Gasteiger partial charge in [0.1, 0.15) is 10.6 Å². The Morgan fingerprint density at radius 3 is 2.62 bits per heavy atom. The number of sulfonamides is 1. The van der Waals surface area contributed by atoms with Crippen LogP contribution in [0.3, 0.4) is 0 Å². The fraction of sp³-hybridized carbons (Fsp3) is 0.615. The van der Waals surface area contributed by atoms with Gasteiger partial charge in [-0.2, -0.15) is 0 Å². The Hall–Kier alpha value is -1.38. The molecule has 1 saturated heterocycles. The van der Waals surface area contributed by atoms with E-state index in [-0.39, 0.29) is 16.2 Å². The number of aromatic amines is 1. The number of hydrogen-bond donors (Lipinski definition) is 3. The van der Waals surface area contributed by atoms with E-state index in [9.17, 15) is 13.2 Å². The van der Waals surface area contributed by atoms with Gasteiger partial charge in [-0.3, -0.25) is 0 Å². The summed E-state index contributed by atoms with van der Waals surface area (Å²) >= 11 is 0. The maximum Gasteiger partial charge on any atom is 0.352 e. The molecule has 0 amide bonds. The number of carboxylic acid groups (broad SMARTS) is 1. The van der Waals surface area contributed by atoms with E-state index in [1.165, 1.54) is 6.92 Å². The van der Waals surface area contributed by atoms with E-state index in [0.29, 0.717) is 18.2 Å². The van der Waals surface area contributed by atoms with Crippen molar-refractivity contribution in [3.8, 4) is 0 Å². The Bertz CT molecular complexity index is 651. The summed E-state index contributed by atoms with van der Waals surface area (Å²) in [6, 6.07) is 0. The molecule has 8 heteroatoms. The molecule has 2 heterocycles. The second kappa shape index (κ2) is 5.78. The SMILES string of the molecule is Cc1[nH]c(C(=O)O)c(C)c1S(=O)(=O)NCC1CCN(C)C1. The lowest BCUT2D eigenvalue weighted by atomic mass is 10.1. The van der Waals surface area contributed by atoms with Crippen molar-refractivity contribution >= 4 is 16.0 Å². The van der Waals surface area contributed by atoms with Crippen LogP contribution < -0.4 is 4.72 Å². The number of carbonyl (C=O) groups is 1. The Balaban J connectivity index is 2.18. The molecule has 7 nitrogen and oxygen atoms in total. The number of hydrogen-bond acceptors (Lipinski definition) is 4. The van der Waals surface area contributed by atoms with Gasteiger partial charge in [0.05, 0.1) is 0 Å². The van der Waals surface area contributed by atoms with Gasteiger partial charge in [0, 0.05) is 24.3 Å². The minimum absolute atomic E-state index is 0.0475. The second-order valence-electron chi connectivity index (χ2n) is 5.65. The van der Waals surface area contributed by atoms with Crippen molar-refractivity contribution in [2.24, 2.45) is 5.92 Å². The van der Waals surface area contributed by atoms with Crippen LogP contribution >= 0.6 is 0 Å². The molecular formula is C13H21N3O4S. The molecule has 1 atom stereocenters. The van der Waals surface area contributed by atoms with Gasteiger partial charge in [0.15, 0.2) is 0 Å². The first-order valence-electron chi connectivity index (χ1n) is 6.83. The van der Waals surface area contributed by atoms with Crippen molar-refractivity contribution in [2.75, 3.05) is 26.7 Å².